The molecule has 1 saturated heterocycles. The Morgan fingerprint density at radius 1 is 1.53 bits per heavy atom. The quantitative estimate of drug-likeness (QED) is 0.753. The molecule has 6 heteroatoms. The van der Waals surface area contributed by atoms with Gasteiger partial charge in [-0.25, -0.2) is 9.18 Å². The van der Waals surface area contributed by atoms with Gasteiger partial charge in [0.2, 0.25) is 0 Å². The summed E-state index contributed by atoms with van der Waals surface area (Å²) in [7, 11) is 0. The van der Waals surface area contributed by atoms with E-state index in [0.29, 0.717) is 13.1 Å². The average molecular weight is 241 g/mol. The SMILES string of the molecule is CC(C)(C)OC(=O)N1CC(n2cc(F)cn2)C1. The number of carbonyl (C=O) groups is 1. The molecule has 0 bridgehead atoms. The maximum atomic E-state index is 12.7. The molecule has 0 radical (unpaired) electrons. The normalized spacial score (nSPS) is 16.8. The molecule has 94 valence electrons. The van der Waals surface area contributed by atoms with Gasteiger partial charge < -0.3 is 9.64 Å². The lowest BCUT2D eigenvalue weighted by molar-refractivity contribution is -0.000413. The fourth-order valence-electron chi connectivity index (χ4n) is 1.61. The topological polar surface area (TPSA) is 47.4 Å². The van der Waals surface area contributed by atoms with E-state index in [-0.39, 0.29) is 18.0 Å². The Hall–Kier alpha value is -1.59. The standard InChI is InChI=1S/C11H16FN3O2/c1-11(2,3)17-10(16)14-6-9(7-14)15-5-8(12)4-13-15/h4-5,9H,6-7H2,1-3H3. The van der Waals surface area contributed by atoms with Gasteiger partial charge in [0.25, 0.3) is 0 Å². The van der Waals surface area contributed by atoms with Gasteiger partial charge in [0, 0.05) is 13.1 Å². The molecule has 5 nitrogen and oxygen atoms in total. The second-order valence-electron chi connectivity index (χ2n) is 5.18. The Balaban J connectivity index is 1.85. The molecule has 1 aromatic heterocycles. The molecule has 1 aliphatic heterocycles. The van der Waals surface area contributed by atoms with E-state index in [1.165, 1.54) is 10.9 Å². The summed E-state index contributed by atoms with van der Waals surface area (Å²) in [4.78, 5) is 13.2. The van der Waals surface area contributed by atoms with Crippen LogP contribution >= 0.6 is 0 Å². The van der Waals surface area contributed by atoms with Crippen LogP contribution in [0.2, 0.25) is 0 Å². The lowest BCUT2D eigenvalue weighted by atomic mass is 10.1. The first-order valence-electron chi connectivity index (χ1n) is 5.53. The van der Waals surface area contributed by atoms with Crippen molar-refractivity contribution in [2.24, 2.45) is 0 Å². The number of hydrogen-bond acceptors (Lipinski definition) is 3. The molecular weight excluding hydrogens is 225 g/mol. The first-order chi connectivity index (χ1) is 7.85. The van der Waals surface area contributed by atoms with E-state index in [0.717, 1.165) is 6.20 Å². The minimum Gasteiger partial charge on any atom is -0.444 e. The van der Waals surface area contributed by atoms with Crippen LogP contribution in [-0.2, 0) is 4.74 Å². The summed E-state index contributed by atoms with van der Waals surface area (Å²) in [5.74, 6) is -0.360. The summed E-state index contributed by atoms with van der Waals surface area (Å²) in [6.07, 6.45) is 2.16. The number of carbonyl (C=O) groups excluding carboxylic acids is 1. The van der Waals surface area contributed by atoms with Gasteiger partial charge in [-0.2, -0.15) is 5.10 Å². The summed E-state index contributed by atoms with van der Waals surface area (Å²) in [5, 5.41) is 3.87. The Kier molecular flexibility index (Phi) is 2.81. The first kappa shape index (κ1) is 11.9. The predicted molar refractivity (Wildman–Crippen MR) is 59.0 cm³/mol. The van der Waals surface area contributed by atoms with E-state index in [1.54, 1.807) is 4.90 Å². The molecule has 0 atom stereocenters. The van der Waals surface area contributed by atoms with E-state index < -0.39 is 5.60 Å². The van der Waals surface area contributed by atoms with Gasteiger partial charge in [-0.1, -0.05) is 0 Å². The second-order valence-corrected chi connectivity index (χ2v) is 5.18. The smallest absolute Gasteiger partial charge is 0.410 e. The summed E-state index contributed by atoms with van der Waals surface area (Å²) in [6, 6.07) is 0.0482. The second kappa shape index (κ2) is 4.01. The van der Waals surface area contributed by atoms with E-state index in [1.807, 2.05) is 20.8 Å². The molecule has 0 saturated carbocycles. The van der Waals surface area contributed by atoms with Crippen LogP contribution in [0.5, 0.6) is 0 Å². The van der Waals surface area contributed by atoms with Gasteiger partial charge in [0.1, 0.15) is 5.60 Å². The molecule has 1 aliphatic rings. The highest BCUT2D eigenvalue weighted by molar-refractivity contribution is 5.69. The lowest BCUT2D eigenvalue weighted by Gasteiger charge is -2.39. The zero-order valence-electron chi connectivity index (χ0n) is 10.2. The highest BCUT2D eigenvalue weighted by atomic mass is 19.1. The number of aromatic nitrogens is 2. The van der Waals surface area contributed by atoms with Crippen molar-refractivity contribution in [3.8, 4) is 0 Å². The third kappa shape index (κ3) is 2.75. The largest absolute Gasteiger partial charge is 0.444 e. The van der Waals surface area contributed by atoms with Gasteiger partial charge in [-0.15, -0.1) is 0 Å². The van der Waals surface area contributed by atoms with Crippen LogP contribution in [0.4, 0.5) is 9.18 Å². The molecule has 0 aliphatic carbocycles. The molecule has 0 spiro atoms. The molecule has 1 aromatic rings. The van der Waals surface area contributed by atoms with Crippen molar-refractivity contribution in [1.29, 1.82) is 0 Å². The zero-order valence-corrected chi connectivity index (χ0v) is 10.2. The van der Waals surface area contributed by atoms with Crippen molar-refractivity contribution in [3.63, 3.8) is 0 Å². The summed E-state index contributed by atoms with van der Waals surface area (Å²) in [5.41, 5.74) is -0.486. The molecule has 2 rings (SSSR count). The van der Waals surface area contributed by atoms with Crippen molar-refractivity contribution in [2.75, 3.05) is 13.1 Å². The van der Waals surface area contributed by atoms with Gasteiger partial charge in [-0.3, -0.25) is 4.68 Å². The van der Waals surface area contributed by atoms with E-state index in [4.69, 9.17) is 4.74 Å². The minimum absolute atomic E-state index is 0.0482. The van der Waals surface area contributed by atoms with Crippen LogP contribution < -0.4 is 0 Å². The van der Waals surface area contributed by atoms with Crippen molar-refractivity contribution >= 4 is 6.09 Å². The lowest BCUT2D eigenvalue weighted by Crippen LogP contribution is -2.52. The van der Waals surface area contributed by atoms with Gasteiger partial charge in [0.05, 0.1) is 18.4 Å². The summed E-state index contributed by atoms with van der Waals surface area (Å²) < 4.78 is 19.5. The number of likely N-dealkylation sites (tertiary alicyclic amines) is 1. The number of hydrogen-bond donors (Lipinski definition) is 0. The number of ether oxygens (including phenoxy) is 1. The maximum Gasteiger partial charge on any atom is 0.410 e. The van der Waals surface area contributed by atoms with Gasteiger partial charge in [-0.05, 0) is 20.8 Å². The van der Waals surface area contributed by atoms with Crippen molar-refractivity contribution in [2.45, 2.75) is 32.4 Å². The third-order valence-electron chi connectivity index (χ3n) is 2.46. The van der Waals surface area contributed by atoms with Crippen molar-refractivity contribution in [3.05, 3.63) is 18.2 Å². The van der Waals surface area contributed by atoms with Crippen LogP contribution in [0.3, 0.4) is 0 Å². The fourth-order valence-corrected chi connectivity index (χ4v) is 1.61. The molecule has 0 N–H and O–H groups in total. The molecule has 0 aromatic carbocycles. The minimum atomic E-state index is -0.486. The van der Waals surface area contributed by atoms with Crippen LogP contribution in [-0.4, -0.2) is 39.5 Å². The van der Waals surface area contributed by atoms with Crippen LogP contribution in [0, 0.1) is 5.82 Å². The van der Waals surface area contributed by atoms with Crippen LogP contribution in [0.25, 0.3) is 0 Å². The maximum absolute atomic E-state index is 12.7. The van der Waals surface area contributed by atoms with E-state index >= 15 is 0 Å². The van der Waals surface area contributed by atoms with Gasteiger partial charge >= 0.3 is 6.09 Å². The molecule has 1 fully saturated rings. The average Bonchev–Trinajstić information content (AvgIpc) is 2.45. The number of amides is 1. The zero-order chi connectivity index (χ0) is 12.6. The number of rotatable bonds is 1. The Morgan fingerprint density at radius 2 is 2.18 bits per heavy atom. The summed E-state index contributed by atoms with van der Waals surface area (Å²) in [6.45, 7) is 6.49. The molecular formula is C11H16FN3O2. The van der Waals surface area contributed by atoms with Crippen LogP contribution in [0.1, 0.15) is 26.8 Å². The van der Waals surface area contributed by atoms with E-state index in [2.05, 4.69) is 5.10 Å². The number of halogens is 1. The summed E-state index contributed by atoms with van der Waals surface area (Å²) >= 11 is 0. The number of nitrogens with zero attached hydrogens (tertiary/aromatic N) is 3. The monoisotopic (exact) mass is 241 g/mol. The highest BCUT2D eigenvalue weighted by Crippen LogP contribution is 2.23. The van der Waals surface area contributed by atoms with Crippen molar-refractivity contribution in [1.82, 2.24) is 14.7 Å². The fraction of sp³-hybridized carbons (Fsp3) is 0.636. The Morgan fingerprint density at radius 3 is 2.65 bits per heavy atom. The predicted octanol–water partition coefficient (Wildman–Crippen LogP) is 1.81. The van der Waals surface area contributed by atoms with E-state index in [9.17, 15) is 9.18 Å². The van der Waals surface area contributed by atoms with Gasteiger partial charge in [0.15, 0.2) is 5.82 Å². The third-order valence-corrected chi connectivity index (χ3v) is 2.46. The molecule has 0 unspecified atom stereocenters. The molecule has 2 heterocycles. The molecule has 1 amide bonds. The Bertz CT molecular complexity index is 419. The molecule has 17 heavy (non-hydrogen) atoms. The highest BCUT2D eigenvalue weighted by Gasteiger charge is 2.35. The Labute approximate surface area is 99.2 Å². The first-order valence-corrected chi connectivity index (χ1v) is 5.53. The van der Waals surface area contributed by atoms with Crippen molar-refractivity contribution < 1.29 is 13.9 Å². The van der Waals surface area contributed by atoms with Crippen LogP contribution in [0.15, 0.2) is 12.4 Å².